The van der Waals surface area contributed by atoms with Gasteiger partial charge in [-0.25, -0.2) is 12.8 Å². The van der Waals surface area contributed by atoms with E-state index in [1.54, 1.807) is 4.68 Å². The van der Waals surface area contributed by atoms with Crippen LogP contribution in [-0.4, -0.2) is 69.0 Å². The van der Waals surface area contributed by atoms with Gasteiger partial charge in [0.25, 0.3) is 10.0 Å². The molecule has 10 nitrogen and oxygen atoms in total. The molecule has 2 N–H and O–H groups in total. The van der Waals surface area contributed by atoms with Crippen LogP contribution in [0.2, 0.25) is 4.34 Å². The number of benzene rings is 2. The number of anilines is 1. The third-order valence-electron chi connectivity index (χ3n) is 6.56. The van der Waals surface area contributed by atoms with E-state index in [0.717, 1.165) is 22.5 Å². The highest BCUT2D eigenvalue weighted by Gasteiger charge is 2.27. The van der Waals surface area contributed by atoms with Crippen molar-refractivity contribution in [1.82, 2.24) is 20.0 Å². The van der Waals surface area contributed by atoms with Crippen molar-refractivity contribution in [3.63, 3.8) is 0 Å². The number of hydrogen-bond donors (Lipinski definition) is 2. The molecule has 1 fully saturated rings. The maximum absolute atomic E-state index is 14.7. The largest absolute Gasteiger partial charge is 0.493 e. The summed E-state index contributed by atoms with van der Waals surface area (Å²) >= 11 is 6.83. The Balaban J connectivity index is 1.41. The summed E-state index contributed by atoms with van der Waals surface area (Å²) in [6, 6.07) is 12.9. The number of methoxy groups -OCH3 is 1. The Morgan fingerprint density at radius 2 is 2.05 bits per heavy atom. The van der Waals surface area contributed by atoms with E-state index in [4.69, 9.17) is 21.1 Å². The van der Waals surface area contributed by atoms with E-state index in [1.807, 2.05) is 36.2 Å². The van der Waals surface area contributed by atoms with Crippen LogP contribution in [0.5, 0.6) is 5.75 Å². The average Bonchev–Trinajstić information content (AvgIpc) is 3.51. The van der Waals surface area contributed by atoms with Gasteiger partial charge in [-0.15, -0.1) is 11.3 Å². The van der Waals surface area contributed by atoms with Gasteiger partial charge in [-0.2, -0.15) is 5.10 Å². The highest BCUT2D eigenvalue weighted by atomic mass is 35.5. The standard InChI is InChI=1S/C26H27ClFN5O5S2/c1-32-10-11-38-15-20(32)26(34)29-13-16-4-3-5-17(12-16)14-33-19-7-6-18(28)24(37-2)23(19)25(30-33)31-40(35,36)22-9-8-21(27)39-22/h3-9,12,20H,10-11,13-15H2,1-2H3,(H,29,34)(H,30,31). The minimum Gasteiger partial charge on any atom is -0.493 e. The fourth-order valence-corrected chi connectivity index (χ4v) is 7.00. The van der Waals surface area contributed by atoms with Gasteiger partial charge in [-0.1, -0.05) is 35.9 Å². The van der Waals surface area contributed by atoms with Crippen molar-refractivity contribution in [3.05, 3.63) is 69.8 Å². The monoisotopic (exact) mass is 607 g/mol. The molecule has 1 amide bonds. The fourth-order valence-electron chi connectivity index (χ4n) is 4.51. The summed E-state index contributed by atoms with van der Waals surface area (Å²) in [6.07, 6.45) is 0. The highest BCUT2D eigenvalue weighted by molar-refractivity contribution is 7.94. The minimum atomic E-state index is -4.04. The molecule has 0 spiro atoms. The second-order valence-electron chi connectivity index (χ2n) is 9.25. The van der Waals surface area contributed by atoms with Gasteiger partial charge < -0.3 is 14.8 Å². The van der Waals surface area contributed by atoms with Crippen LogP contribution in [0, 0.1) is 5.82 Å². The van der Waals surface area contributed by atoms with E-state index in [0.29, 0.717) is 36.2 Å². The number of thiophene rings is 1. The molecular formula is C26H27ClFN5O5S2. The minimum absolute atomic E-state index is 0.00342. The van der Waals surface area contributed by atoms with E-state index in [1.165, 1.54) is 31.4 Å². The third kappa shape index (κ3) is 5.93. The zero-order chi connectivity index (χ0) is 28.4. The number of morpholine rings is 1. The maximum atomic E-state index is 14.7. The second kappa shape index (κ2) is 11.7. The molecular weight excluding hydrogens is 581 g/mol. The van der Waals surface area contributed by atoms with Gasteiger partial charge >= 0.3 is 0 Å². The number of carbonyl (C=O) groups excluding carboxylic acids is 1. The van der Waals surface area contributed by atoms with Crippen LogP contribution in [0.4, 0.5) is 10.2 Å². The normalized spacial score (nSPS) is 16.2. The molecule has 14 heteroatoms. The van der Waals surface area contributed by atoms with Crippen molar-refractivity contribution in [2.75, 3.05) is 38.6 Å². The number of fused-ring (bicyclic) bond motifs is 1. The number of sulfonamides is 1. The van der Waals surface area contributed by atoms with E-state index in [-0.39, 0.29) is 39.7 Å². The van der Waals surface area contributed by atoms with Crippen molar-refractivity contribution in [2.24, 2.45) is 0 Å². The first kappa shape index (κ1) is 28.3. The first-order chi connectivity index (χ1) is 19.2. The lowest BCUT2D eigenvalue weighted by Crippen LogP contribution is -2.51. The number of nitrogens with one attached hydrogen (secondary N) is 2. The predicted octanol–water partition coefficient (Wildman–Crippen LogP) is 3.69. The zero-order valence-corrected chi connectivity index (χ0v) is 24.1. The molecule has 0 aliphatic carbocycles. The van der Waals surface area contributed by atoms with Gasteiger partial charge in [0.2, 0.25) is 5.91 Å². The number of nitrogens with zero attached hydrogens (tertiary/aromatic N) is 3. The van der Waals surface area contributed by atoms with Gasteiger partial charge in [0.05, 0.1) is 42.1 Å². The molecule has 0 saturated carbocycles. The lowest BCUT2D eigenvalue weighted by Gasteiger charge is -2.31. The summed E-state index contributed by atoms with van der Waals surface area (Å²) in [7, 11) is -0.837. The lowest BCUT2D eigenvalue weighted by atomic mass is 10.1. The number of ether oxygens (including phenoxy) is 2. The highest BCUT2D eigenvalue weighted by Crippen LogP contribution is 2.36. The van der Waals surface area contributed by atoms with Gasteiger partial charge in [0, 0.05) is 13.1 Å². The SMILES string of the molecule is COc1c(F)ccc2c1c(NS(=O)(=O)c1ccc(Cl)s1)nn2Cc1cccc(CNC(=O)C2COCCN2C)c1. The van der Waals surface area contributed by atoms with E-state index in [2.05, 4.69) is 15.1 Å². The molecule has 0 bridgehead atoms. The Labute approximate surface area is 239 Å². The molecule has 2 aromatic carbocycles. The predicted molar refractivity (Wildman–Crippen MR) is 151 cm³/mol. The number of rotatable bonds is 9. The lowest BCUT2D eigenvalue weighted by molar-refractivity contribution is -0.131. The zero-order valence-electron chi connectivity index (χ0n) is 21.7. The van der Waals surface area contributed by atoms with Crippen molar-refractivity contribution < 1.29 is 27.1 Å². The van der Waals surface area contributed by atoms with Crippen LogP contribution < -0.4 is 14.8 Å². The molecule has 40 heavy (non-hydrogen) atoms. The van der Waals surface area contributed by atoms with Gasteiger partial charge in [0.15, 0.2) is 17.4 Å². The molecule has 3 heterocycles. The summed E-state index contributed by atoms with van der Waals surface area (Å²) in [5, 5.41) is 7.64. The van der Waals surface area contributed by atoms with Crippen LogP contribution in [0.25, 0.3) is 10.9 Å². The molecule has 1 saturated heterocycles. The first-order valence-corrected chi connectivity index (χ1v) is 15.0. The van der Waals surface area contributed by atoms with E-state index in [9.17, 15) is 17.6 Å². The number of aromatic nitrogens is 2. The van der Waals surface area contributed by atoms with Crippen LogP contribution >= 0.6 is 22.9 Å². The Kier molecular flexibility index (Phi) is 8.29. The molecule has 1 aliphatic heterocycles. The van der Waals surface area contributed by atoms with Crippen LogP contribution in [0.15, 0.2) is 52.7 Å². The second-order valence-corrected chi connectivity index (χ2v) is 12.9. The van der Waals surface area contributed by atoms with Gasteiger partial charge in [-0.3, -0.25) is 19.1 Å². The Bertz CT molecular complexity index is 1660. The molecule has 1 unspecified atom stereocenters. The van der Waals surface area contributed by atoms with Crippen molar-refractivity contribution >= 4 is 55.6 Å². The topological polar surface area (TPSA) is 115 Å². The average molecular weight is 608 g/mol. The number of hydrogen-bond acceptors (Lipinski definition) is 8. The van der Waals surface area contributed by atoms with Crippen LogP contribution in [0.3, 0.4) is 0 Å². The summed E-state index contributed by atoms with van der Waals surface area (Å²) in [5.74, 6) is -0.957. The summed E-state index contributed by atoms with van der Waals surface area (Å²) in [6.45, 7) is 2.22. The summed E-state index contributed by atoms with van der Waals surface area (Å²) < 4.78 is 55.8. The number of amides is 1. The smallest absolute Gasteiger partial charge is 0.272 e. The Hall–Kier alpha value is -3.23. The van der Waals surface area contributed by atoms with Crippen molar-refractivity contribution in [1.29, 1.82) is 0 Å². The number of halogens is 2. The van der Waals surface area contributed by atoms with Crippen molar-refractivity contribution in [2.45, 2.75) is 23.3 Å². The number of likely N-dealkylation sites (N-methyl/N-ethyl adjacent to an activating group) is 1. The third-order valence-corrected chi connectivity index (χ3v) is 9.62. The van der Waals surface area contributed by atoms with Crippen LogP contribution in [0.1, 0.15) is 11.1 Å². The van der Waals surface area contributed by atoms with Crippen LogP contribution in [-0.2, 0) is 32.6 Å². The quantitative estimate of drug-likeness (QED) is 0.298. The summed E-state index contributed by atoms with van der Waals surface area (Å²) in [5.41, 5.74) is 2.19. The Morgan fingerprint density at radius 3 is 2.77 bits per heavy atom. The maximum Gasteiger partial charge on any atom is 0.272 e. The molecule has 212 valence electrons. The van der Waals surface area contributed by atoms with E-state index >= 15 is 0 Å². The number of carbonyl (C=O) groups is 1. The Morgan fingerprint density at radius 1 is 1.25 bits per heavy atom. The van der Waals surface area contributed by atoms with Gasteiger partial charge in [-0.05, 0) is 42.4 Å². The molecule has 0 radical (unpaired) electrons. The van der Waals surface area contributed by atoms with E-state index < -0.39 is 15.8 Å². The molecule has 2 aromatic heterocycles. The fraction of sp³-hybridized carbons (Fsp3) is 0.308. The summed E-state index contributed by atoms with van der Waals surface area (Å²) in [4.78, 5) is 14.6. The molecule has 5 rings (SSSR count). The molecule has 1 atom stereocenters. The molecule has 4 aromatic rings. The van der Waals surface area contributed by atoms with Gasteiger partial charge in [0.1, 0.15) is 10.3 Å². The van der Waals surface area contributed by atoms with Crippen molar-refractivity contribution in [3.8, 4) is 5.75 Å². The first-order valence-electron chi connectivity index (χ1n) is 12.3. The molecule has 1 aliphatic rings.